The van der Waals surface area contributed by atoms with E-state index in [1.54, 1.807) is 0 Å². The van der Waals surface area contributed by atoms with Gasteiger partial charge in [-0.2, -0.15) is 0 Å². The number of para-hydroxylation sites is 1. The van der Waals surface area contributed by atoms with Crippen LogP contribution in [0.1, 0.15) is 38.8 Å². The Labute approximate surface area is 104 Å². The molecule has 1 fully saturated rings. The molecule has 0 radical (unpaired) electrons. The summed E-state index contributed by atoms with van der Waals surface area (Å²) in [7, 11) is 2.04. The summed E-state index contributed by atoms with van der Waals surface area (Å²) in [5.41, 5.74) is 1.30. The van der Waals surface area contributed by atoms with E-state index in [9.17, 15) is 0 Å². The standard InChI is InChI=1S/C15H23NO/c1-10(2)17-14-8-6-5-7-12(14)15(16-4)13-9-11(13)3/h5-8,10-11,13,15-16H,9H2,1-4H3. The molecule has 17 heavy (non-hydrogen) atoms. The van der Waals surface area contributed by atoms with E-state index >= 15 is 0 Å². The van der Waals surface area contributed by atoms with Crippen LogP contribution in [0.2, 0.25) is 0 Å². The van der Waals surface area contributed by atoms with Crippen LogP contribution in [0.3, 0.4) is 0 Å². The molecule has 2 heteroatoms. The van der Waals surface area contributed by atoms with Crippen molar-refractivity contribution in [2.75, 3.05) is 7.05 Å². The predicted octanol–water partition coefficient (Wildman–Crippen LogP) is 3.39. The van der Waals surface area contributed by atoms with E-state index in [-0.39, 0.29) is 6.10 Å². The topological polar surface area (TPSA) is 21.3 Å². The number of nitrogens with one attached hydrogen (secondary N) is 1. The summed E-state index contributed by atoms with van der Waals surface area (Å²) < 4.78 is 5.90. The van der Waals surface area contributed by atoms with E-state index in [1.807, 2.05) is 13.1 Å². The van der Waals surface area contributed by atoms with Crippen molar-refractivity contribution < 1.29 is 4.74 Å². The molecule has 94 valence electrons. The molecule has 0 heterocycles. The molecule has 2 nitrogen and oxygen atoms in total. The maximum Gasteiger partial charge on any atom is 0.124 e. The van der Waals surface area contributed by atoms with Crippen molar-refractivity contribution in [3.05, 3.63) is 29.8 Å². The maximum absolute atomic E-state index is 5.90. The highest BCUT2D eigenvalue weighted by molar-refractivity contribution is 5.37. The van der Waals surface area contributed by atoms with Crippen LogP contribution in [-0.4, -0.2) is 13.2 Å². The van der Waals surface area contributed by atoms with E-state index in [0.29, 0.717) is 6.04 Å². The summed E-state index contributed by atoms with van der Waals surface area (Å²) in [4.78, 5) is 0. The molecule has 0 amide bonds. The third kappa shape index (κ3) is 2.81. The van der Waals surface area contributed by atoms with Gasteiger partial charge < -0.3 is 10.1 Å². The molecule has 0 bridgehead atoms. The molecule has 0 aliphatic heterocycles. The van der Waals surface area contributed by atoms with Crippen LogP contribution in [0, 0.1) is 11.8 Å². The molecule has 3 unspecified atom stereocenters. The Bertz CT molecular complexity index is 375. The highest BCUT2D eigenvalue weighted by Gasteiger charge is 2.40. The van der Waals surface area contributed by atoms with Crippen molar-refractivity contribution in [2.45, 2.75) is 39.3 Å². The Morgan fingerprint density at radius 3 is 2.47 bits per heavy atom. The molecule has 1 aliphatic rings. The Morgan fingerprint density at radius 1 is 1.29 bits per heavy atom. The normalized spacial score (nSPS) is 24.8. The smallest absolute Gasteiger partial charge is 0.124 e. The first-order valence-electron chi connectivity index (χ1n) is 6.56. The predicted molar refractivity (Wildman–Crippen MR) is 71.3 cm³/mol. The van der Waals surface area contributed by atoms with Crippen LogP contribution in [0.5, 0.6) is 5.75 Å². The number of rotatable bonds is 5. The molecule has 3 atom stereocenters. The lowest BCUT2D eigenvalue weighted by molar-refractivity contribution is 0.237. The minimum Gasteiger partial charge on any atom is -0.491 e. The van der Waals surface area contributed by atoms with Gasteiger partial charge in [-0.1, -0.05) is 25.1 Å². The van der Waals surface area contributed by atoms with Gasteiger partial charge in [-0.25, -0.2) is 0 Å². The summed E-state index contributed by atoms with van der Waals surface area (Å²) in [6, 6.07) is 8.83. The van der Waals surface area contributed by atoms with Crippen LogP contribution in [0.15, 0.2) is 24.3 Å². The number of hydrogen-bond donors (Lipinski definition) is 1. The van der Waals surface area contributed by atoms with Crippen molar-refractivity contribution in [2.24, 2.45) is 11.8 Å². The summed E-state index contributed by atoms with van der Waals surface area (Å²) in [5.74, 6) is 2.62. The number of benzene rings is 1. The molecule has 1 saturated carbocycles. The average Bonchev–Trinajstić information content (AvgIpc) is 2.98. The number of hydrogen-bond acceptors (Lipinski definition) is 2. The lowest BCUT2D eigenvalue weighted by Gasteiger charge is -2.21. The molecular formula is C15H23NO. The SMILES string of the molecule is CNC(c1ccccc1OC(C)C)C1CC1C. The van der Waals surface area contributed by atoms with Gasteiger partial charge in [-0.05, 0) is 45.2 Å². The van der Waals surface area contributed by atoms with E-state index < -0.39 is 0 Å². The van der Waals surface area contributed by atoms with Gasteiger partial charge >= 0.3 is 0 Å². The van der Waals surface area contributed by atoms with E-state index in [2.05, 4.69) is 44.3 Å². The van der Waals surface area contributed by atoms with Crippen molar-refractivity contribution >= 4 is 0 Å². The minimum atomic E-state index is 0.227. The summed E-state index contributed by atoms with van der Waals surface area (Å²) in [5, 5.41) is 3.44. The molecule has 1 aromatic rings. The van der Waals surface area contributed by atoms with Gasteiger partial charge in [0.2, 0.25) is 0 Å². The van der Waals surface area contributed by atoms with Crippen molar-refractivity contribution in [1.29, 1.82) is 0 Å². The second-order valence-corrected chi connectivity index (χ2v) is 5.35. The molecular weight excluding hydrogens is 210 g/mol. The van der Waals surface area contributed by atoms with Crippen molar-refractivity contribution in [1.82, 2.24) is 5.32 Å². The molecule has 1 aliphatic carbocycles. The highest BCUT2D eigenvalue weighted by atomic mass is 16.5. The fraction of sp³-hybridized carbons (Fsp3) is 0.600. The molecule has 2 rings (SSSR count). The van der Waals surface area contributed by atoms with E-state index in [0.717, 1.165) is 17.6 Å². The Kier molecular flexibility index (Phi) is 3.72. The van der Waals surface area contributed by atoms with Crippen LogP contribution in [0.25, 0.3) is 0 Å². The molecule has 1 N–H and O–H groups in total. The lowest BCUT2D eigenvalue weighted by atomic mass is 10.0. The molecule has 0 saturated heterocycles. The molecule has 0 aromatic heterocycles. The summed E-state index contributed by atoms with van der Waals surface area (Å²) in [6.07, 6.45) is 1.55. The first-order valence-corrected chi connectivity index (χ1v) is 6.56. The largest absolute Gasteiger partial charge is 0.491 e. The third-order valence-corrected chi connectivity index (χ3v) is 3.53. The zero-order valence-electron chi connectivity index (χ0n) is 11.2. The van der Waals surface area contributed by atoms with Crippen molar-refractivity contribution in [3.8, 4) is 5.75 Å². The van der Waals surface area contributed by atoms with Crippen LogP contribution in [-0.2, 0) is 0 Å². The van der Waals surface area contributed by atoms with Gasteiger partial charge in [-0.15, -0.1) is 0 Å². The fourth-order valence-corrected chi connectivity index (χ4v) is 2.51. The van der Waals surface area contributed by atoms with Gasteiger partial charge in [0.05, 0.1) is 6.10 Å². The molecule has 1 aromatic carbocycles. The highest BCUT2D eigenvalue weighted by Crippen LogP contribution is 2.48. The zero-order chi connectivity index (χ0) is 12.4. The Hall–Kier alpha value is -1.02. The van der Waals surface area contributed by atoms with Gasteiger partial charge in [-0.3, -0.25) is 0 Å². The Morgan fingerprint density at radius 2 is 1.94 bits per heavy atom. The van der Waals surface area contributed by atoms with Gasteiger partial charge in [0, 0.05) is 11.6 Å². The Balaban J connectivity index is 2.23. The monoisotopic (exact) mass is 233 g/mol. The second kappa shape index (κ2) is 5.09. The minimum absolute atomic E-state index is 0.227. The van der Waals surface area contributed by atoms with E-state index in [4.69, 9.17) is 4.74 Å². The van der Waals surface area contributed by atoms with Gasteiger partial charge in [0.15, 0.2) is 0 Å². The van der Waals surface area contributed by atoms with Crippen LogP contribution >= 0.6 is 0 Å². The van der Waals surface area contributed by atoms with E-state index in [1.165, 1.54) is 12.0 Å². The van der Waals surface area contributed by atoms with Gasteiger partial charge in [0.25, 0.3) is 0 Å². The molecule has 0 spiro atoms. The maximum atomic E-state index is 5.90. The second-order valence-electron chi connectivity index (χ2n) is 5.35. The first-order chi connectivity index (χ1) is 8.13. The average molecular weight is 233 g/mol. The van der Waals surface area contributed by atoms with Crippen LogP contribution < -0.4 is 10.1 Å². The summed E-state index contributed by atoms with van der Waals surface area (Å²) >= 11 is 0. The fourth-order valence-electron chi connectivity index (χ4n) is 2.51. The van der Waals surface area contributed by atoms with Crippen molar-refractivity contribution in [3.63, 3.8) is 0 Å². The first kappa shape index (κ1) is 12.4. The zero-order valence-corrected chi connectivity index (χ0v) is 11.2. The van der Waals surface area contributed by atoms with Crippen LogP contribution in [0.4, 0.5) is 0 Å². The lowest BCUT2D eigenvalue weighted by Crippen LogP contribution is -2.20. The summed E-state index contributed by atoms with van der Waals surface area (Å²) in [6.45, 7) is 6.47. The van der Waals surface area contributed by atoms with Gasteiger partial charge in [0.1, 0.15) is 5.75 Å². The quantitative estimate of drug-likeness (QED) is 0.841. The number of ether oxygens (including phenoxy) is 1. The third-order valence-electron chi connectivity index (χ3n) is 3.53.